The van der Waals surface area contributed by atoms with Gasteiger partial charge in [-0.2, -0.15) is 0 Å². The number of esters is 2. The number of aliphatic hydroxyl groups excluding tert-OH is 2. The number of methoxy groups -OCH3 is 4. The zero-order valence-corrected chi connectivity index (χ0v) is 27.0. The van der Waals surface area contributed by atoms with E-state index in [1.54, 1.807) is 37.4 Å². The van der Waals surface area contributed by atoms with Crippen molar-refractivity contribution in [2.45, 2.75) is 79.2 Å². The Kier molecular flexibility index (Phi) is 7.31. The third kappa shape index (κ3) is 3.41. The lowest BCUT2D eigenvalue weighted by Gasteiger charge is -2.72. The third-order valence-corrected chi connectivity index (χ3v) is 12.9. The largest absolute Gasteiger partial charge is 0.455 e. The Morgan fingerprint density at radius 2 is 1.67 bits per heavy atom. The van der Waals surface area contributed by atoms with Crippen molar-refractivity contribution < 1.29 is 58.4 Å². The van der Waals surface area contributed by atoms with Gasteiger partial charge in [0.15, 0.2) is 5.60 Å². The molecule has 1 aromatic carbocycles. The Morgan fingerprint density at radius 3 is 2.26 bits per heavy atom. The van der Waals surface area contributed by atoms with E-state index in [0.29, 0.717) is 6.54 Å². The van der Waals surface area contributed by atoms with Gasteiger partial charge in [0.1, 0.15) is 23.9 Å². The van der Waals surface area contributed by atoms with Crippen molar-refractivity contribution >= 4 is 11.9 Å². The fraction of sp³-hybridized carbons (Fsp3) is 0.758. The molecule has 15 atom stereocenters. The quantitative estimate of drug-likeness (QED) is 0.263. The van der Waals surface area contributed by atoms with E-state index in [2.05, 4.69) is 0 Å². The summed E-state index contributed by atoms with van der Waals surface area (Å²) in [5, 5.41) is 50.8. The minimum atomic E-state index is -2.12. The summed E-state index contributed by atoms with van der Waals surface area (Å²) in [6, 6.07) is 7.61. The number of hydrogen-bond acceptors (Lipinski definition) is 13. The fourth-order valence-electron chi connectivity index (χ4n) is 12.2. The molecule has 5 saturated carbocycles. The lowest BCUT2D eigenvalue weighted by Crippen LogP contribution is -2.85. The molecule has 3 unspecified atom stereocenters. The van der Waals surface area contributed by atoms with Gasteiger partial charge in [-0.25, -0.2) is 4.79 Å². The summed E-state index contributed by atoms with van der Waals surface area (Å²) in [5.74, 6) is -4.35. The molecular formula is C33H45NO12. The first-order chi connectivity index (χ1) is 21.8. The molecule has 7 bridgehead atoms. The Morgan fingerprint density at radius 1 is 0.978 bits per heavy atom. The normalized spacial score (nSPS) is 51.5. The molecule has 13 nitrogen and oxygen atoms in total. The highest BCUT2D eigenvalue weighted by atomic mass is 16.6. The van der Waals surface area contributed by atoms with E-state index in [1.165, 1.54) is 28.3 Å². The van der Waals surface area contributed by atoms with Gasteiger partial charge in [0.2, 0.25) is 0 Å². The van der Waals surface area contributed by atoms with Crippen LogP contribution in [0.25, 0.3) is 0 Å². The first-order valence-electron chi connectivity index (χ1n) is 15.9. The van der Waals surface area contributed by atoms with E-state index in [-0.39, 0.29) is 18.6 Å². The van der Waals surface area contributed by atoms with Gasteiger partial charge >= 0.3 is 11.9 Å². The highest BCUT2D eigenvalue weighted by molar-refractivity contribution is 5.89. The molecule has 6 fully saturated rings. The van der Waals surface area contributed by atoms with Crippen molar-refractivity contribution in [2.75, 3.05) is 48.6 Å². The topological polar surface area (TPSA) is 174 Å². The molecule has 4 N–H and O–H groups in total. The van der Waals surface area contributed by atoms with Crippen LogP contribution < -0.4 is 0 Å². The van der Waals surface area contributed by atoms with Crippen LogP contribution >= 0.6 is 0 Å². The number of fused-ring (bicyclic) bond motifs is 2. The molecule has 6 aliphatic rings. The number of nitrogens with zero attached hydrogens (tertiary/aromatic N) is 1. The maximum atomic E-state index is 13.7. The average molecular weight is 648 g/mol. The van der Waals surface area contributed by atoms with Crippen LogP contribution in [0.4, 0.5) is 0 Å². The van der Waals surface area contributed by atoms with Gasteiger partial charge in [0.05, 0.1) is 42.0 Å². The summed E-state index contributed by atoms with van der Waals surface area (Å²) >= 11 is 0. The fourth-order valence-corrected chi connectivity index (χ4v) is 12.2. The van der Waals surface area contributed by atoms with Gasteiger partial charge in [-0.3, -0.25) is 4.79 Å². The van der Waals surface area contributed by atoms with Gasteiger partial charge in [0, 0.05) is 83.5 Å². The summed E-state index contributed by atoms with van der Waals surface area (Å²) in [5.41, 5.74) is -8.16. The second kappa shape index (κ2) is 10.4. The monoisotopic (exact) mass is 647 g/mol. The maximum absolute atomic E-state index is 13.7. The van der Waals surface area contributed by atoms with Gasteiger partial charge < -0.3 is 53.7 Å². The van der Waals surface area contributed by atoms with Gasteiger partial charge in [-0.05, 0) is 19.2 Å². The van der Waals surface area contributed by atoms with E-state index in [1.807, 2.05) is 11.9 Å². The number of rotatable bonds is 8. The molecule has 0 radical (unpaired) electrons. The van der Waals surface area contributed by atoms with Crippen LogP contribution in [-0.2, 0) is 33.2 Å². The van der Waals surface area contributed by atoms with Crippen molar-refractivity contribution in [2.24, 2.45) is 28.6 Å². The van der Waals surface area contributed by atoms with Gasteiger partial charge in [-0.1, -0.05) is 18.2 Å². The number of carbonyl (C=O) groups excluding carboxylic acids is 2. The Bertz CT molecular complexity index is 1400. The van der Waals surface area contributed by atoms with Crippen molar-refractivity contribution in [1.29, 1.82) is 0 Å². The Balaban J connectivity index is 1.56. The molecule has 0 amide bonds. The zero-order chi connectivity index (χ0) is 33.2. The number of aliphatic hydroxyl groups is 4. The van der Waals surface area contributed by atoms with Crippen LogP contribution in [0.1, 0.15) is 30.1 Å². The SMILES string of the molecule is COC[C@]12CN(C)C3[C@H]4C(OC)C1[C@@]3([C@@H](OC)C[C@H]2O)[C@]1(O)C[C@@]2(O)[C@H](OC(=O)c3ccccc3)[C@@H]1[C@]4(OC(C)=O)[C@@H](O)[C@@H]2OC. The number of ether oxygens (including phenoxy) is 6. The number of benzene rings is 1. The smallest absolute Gasteiger partial charge is 0.338 e. The number of carbonyl (C=O) groups is 2. The molecule has 0 aromatic heterocycles. The predicted octanol–water partition coefficient (Wildman–Crippen LogP) is -0.627. The molecule has 13 heteroatoms. The minimum absolute atomic E-state index is 0.113. The van der Waals surface area contributed by atoms with E-state index >= 15 is 0 Å². The van der Waals surface area contributed by atoms with Crippen molar-refractivity contribution in [3.05, 3.63) is 35.9 Å². The molecule has 254 valence electrons. The van der Waals surface area contributed by atoms with E-state index < -0.39 is 106 Å². The Labute approximate surface area is 267 Å². The number of hydrogen-bond donors (Lipinski definition) is 4. The number of likely N-dealkylation sites (tertiary alicyclic amines) is 1. The van der Waals surface area contributed by atoms with Crippen LogP contribution in [0.2, 0.25) is 0 Å². The molecule has 1 spiro atoms. The van der Waals surface area contributed by atoms with Crippen LogP contribution in [0.3, 0.4) is 0 Å². The van der Waals surface area contributed by atoms with Crippen LogP contribution in [0.15, 0.2) is 30.3 Å². The zero-order valence-electron chi connectivity index (χ0n) is 27.0. The van der Waals surface area contributed by atoms with Crippen LogP contribution in [-0.4, -0.2) is 145 Å². The van der Waals surface area contributed by atoms with Gasteiger partial charge in [0.25, 0.3) is 0 Å². The van der Waals surface area contributed by atoms with E-state index in [4.69, 9.17) is 28.4 Å². The lowest BCUT2D eigenvalue weighted by atomic mass is 9.40. The first-order valence-corrected chi connectivity index (χ1v) is 15.9. The predicted molar refractivity (Wildman–Crippen MR) is 157 cm³/mol. The van der Waals surface area contributed by atoms with Gasteiger partial charge in [-0.15, -0.1) is 0 Å². The summed E-state index contributed by atoms with van der Waals surface area (Å²) in [7, 11) is 7.77. The summed E-state index contributed by atoms with van der Waals surface area (Å²) in [4.78, 5) is 28.9. The first kappa shape index (κ1) is 32.4. The van der Waals surface area contributed by atoms with Crippen LogP contribution in [0.5, 0.6) is 0 Å². The van der Waals surface area contributed by atoms with Crippen molar-refractivity contribution in [3.8, 4) is 0 Å². The molecule has 7 rings (SSSR count). The highest BCUT2D eigenvalue weighted by Crippen LogP contribution is 2.81. The molecule has 1 saturated heterocycles. The third-order valence-electron chi connectivity index (χ3n) is 12.9. The molecular weight excluding hydrogens is 602 g/mol. The van der Waals surface area contributed by atoms with E-state index in [9.17, 15) is 30.0 Å². The van der Waals surface area contributed by atoms with Crippen molar-refractivity contribution in [3.63, 3.8) is 0 Å². The Hall–Kier alpha value is -2.20. The molecule has 5 aliphatic carbocycles. The molecule has 1 heterocycles. The highest BCUT2D eigenvalue weighted by Gasteiger charge is 2.96. The minimum Gasteiger partial charge on any atom is -0.455 e. The molecule has 46 heavy (non-hydrogen) atoms. The summed E-state index contributed by atoms with van der Waals surface area (Å²) in [6.07, 6.45) is -7.39. The summed E-state index contributed by atoms with van der Waals surface area (Å²) < 4.78 is 36.7. The second-order valence-electron chi connectivity index (χ2n) is 14.4. The maximum Gasteiger partial charge on any atom is 0.338 e. The van der Waals surface area contributed by atoms with Crippen molar-refractivity contribution in [1.82, 2.24) is 4.90 Å². The molecule has 1 aromatic rings. The summed E-state index contributed by atoms with van der Waals surface area (Å²) in [6.45, 7) is 1.68. The molecule has 1 aliphatic heterocycles. The number of piperidine rings is 1. The second-order valence-corrected chi connectivity index (χ2v) is 14.4. The van der Waals surface area contributed by atoms with E-state index in [0.717, 1.165) is 0 Å². The average Bonchev–Trinajstić information content (AvgIpc) is 3.38. The standard InChI is InChI=1S/C33H45NO12/c1-16(35)46-33-20-21(43-5)22-29(15-41-3)14-34(2)24(20)32(22,19(42-4)12-18(29)36)31(40)13-30(39,27(44-6)25(33)37)26(23(31)33)45-28(38)17-10-8-7-9-11-17/h7-11,18-27,36-37,39-40H,12-15H2,1-6H3/t18-,19+,20-,21?,22?,23+,24?,25+,26-,27+,29+,30-,31+,32-,33+/m1/s1. The van der Waals surface area contributed by atoms with Crippen LogP contribution in [0, 0.1) is 28.6 Å². The lowest BCUT2D eigenvalue weighted by molar-refractivity contribution is -0.353.